The average molecular weight is 262 g/mol. The third-order valence-corrected chi connectivity index (χ3v) is 1.94. The molecule has 0 saturated heterocycles. The summed E-state index contributed by atoms with van der Waals surface area (Å²) in [5.41, 5.74) is -0.00341. The minimum absolute atomic E-state index is 0.0842. The maximum absolute atomic E-state index is 11.9. The van der Waals surface area contributed by atoms with Gasteiger partial charge < -0.3 is 5.32 Å². The van der Waals surface area contributed by atoms with Crippen molar-refractivity contribution in [1.82, 2.24) is 30.6 Å². The first-order chi connectivity index (χ1) is 8.94. The zero-order valence-corrected chi connectivity index (χ0v) is 10.8. The summed E-state index contributed by atoms with van der Waals surface area (Å²) in [5, 5.41) is 18.4. The SMILES string of the molecule is CC(C)(C)Nc1cncc(C(=O)Nc2nn[nH]n2)n1. The maximum Gasteiger partial charge on any atom is 0.278 e. The lowest BCUT2D eigenvalue weighted by atomic mass is 10.1. The molecule has 0 atom stereocenters. The molecular weight excluding hydrogens is 248 g/mol. The first-order valence-electron chi connectivity index (χ1n) is 5.59. The van der Waals surface area contributed by atoms with Gasteiger partial charge in [0.05, 0.1) is 12.4 Å². The highest BCUT2D eigenvalue weighted by Gasteiger charge is 2.14. The van der Waals surface area contributed by atoms with Crippen molar-refractivity contribution in [3.8, 4) is 0 Å². The molecule has 2 rings (SSSR count). The van der Waals surface area contributed by atoms with Gasteiger partial charge in [0.1, 0.15) is 11.5 Å². The molecule has 0 aliphatic carbocycles. The van der Waals surface area contributed by atoms with Crippen LogP contribution in [0, 0.1) is 0 Å². The number of anilines is 2. The summed E-state index contributed by atoms with van der Waals surface area (Å²) in [5.74, 6) is 0.153. The van der Waals surface area contributed by atoms with Crippen molar-refractivity contribution >= 4 is 17.7 Å². The van der Waals surface area contributed by atoms with E-state index in [0.29, 0.717) is 5.82 Å². The number of amides is 1. The second-order valence-corrected chi connectivity index (χ2v) is 4.85. The van der Waals surface area contributed by atoms with Crippen LogP contribution in [0.5, 0.6) is 0 Å². The van der Waals surface area contributed by atoms with Gasteiger partial charge in [-0.2, -0.15) is 5.21 Å². The van der Waals surface area contributed by atoms with E-state index in [2.05, 4.69) is 41.2 Å². The quantitative estimate of drug-likeness (QED) is 0.734. The van der Waals surface area contributed by atoms with Crippen molar-refractivity contribution in [1.29, 1.82) is 0 Å². The molecule has 19 heavy (non-hydrogen) atoms. The molecule has 2 heterocycles. The Hall–Kier alpha value is -2.58. The number of carbonyl (C=O) groups is 1. The lowest BCUT2D eigenvalue weighted by Gasteiger charge is -2.21. The van der Waals surface area contributed by atoms with Crippen LogP contribution in [0.2, 0.25) is 0 Å². The first-order valence-corrected chi connectivity index (χ1v) is 5.59. The molecule has 0 aliphatic heterocycles. The number of aromatic amines is 1. The largest absolute Gasteiger partial charge is 0.364 e. The van der Waals surface area contributed by atoms with Crippen LogP contribution < -0.4 is 10.6 Å². The monoisotopic (exact) mass is 262 g/mol. The van der Waals surface area contributed by atoms with Crippen LogP contribution in [-0.4, -0.2) is 42.0 Å². The van der Waals surface area contributed by atoms with E-state index in [1.54, 1.807) is 6.20 Å². The third-order valence-electron chi connectivity index (χ3n) is 1.94. The van der Waals surface area contributed by atoms with Crippen LogP contribution in [0.3, 0.4) is 0 Å². The van der Waals surface area contributed by atoms with Crippen LogP contribution in [0.15, 0.2) is 12.4 Å². The molecule has 3 N–H and O–H groups in total. The summed E-state index contributed by atoms with van der Waals surface area (Å²) in [6.45, 7) is 5.96. The van der Waals surface area contributed by atoms with E-state index in [1.807, 2.05) is 20.8 Å². The average Bonchev–Trinajstić information content (AvgIpc) is 2.80. The number of rotatable bonds is 3. The molecule has 0 fully saturated rings. The van der Waals surface area contributed by atoms with Crippen LogP contribution in [0.4, 0.5) is 11.8 Å². The van der Waals surface area contributed by atoms with Gasteiger partial charge in [-0.05, 0) is 26.0 Å². The Morgan fingerprint density at radius 1 is 1.32 bits per heavy atom. The highest BCUT2D eigenvalue weighted by atomic mass is 16.2. The Labute approximate surface area is 109 Å². The smallest absolute Gasteiger partial charge is 0.278 e. The van der Waals surface area contributed by atoms with E-state index < -0.39 is 5.91 Å². The second kappa shape index (κ2) is 4.96. The van der Waals surface area contributed by atoms with Gasteiger partial charge in [0.2, 0.25) is 0 Å². The van der Waals surface area contributed by atoms with E-state index in [1.165, 1.54) is 6.20 Å². The minimum atomic E-state index is -0.452. The number of nitrogens with zero attached hydrogens (tertiary/aromatic N) is 5. The molecular formula is C10H14N8O. The van der Waals surface area contributed by atoms with Crippen molar-refractivity contribution in [2.75, 3.05) is 10.6 Å². The molecule has 0 spiro atoms. The Morgan fingerprint density at radius 3 is 2.74 bits per heavy atom. The fourth-order valence-corrected chi connectivity index (χ4v) is 1.30. The fourth-order valence-electron chi connectivity index (χ4n) is 1.30. The number of tetrazole rings is 1. The van der Waals surface area contributed by atoms with Crippen molar-refractivity contribution in [3.05, 3.63) is 18.1 Å². The van der Waals surface area contributed by atoms with Gasteiger partial charge in [-0.3, -0.25) is 15.1 Å². The van der Waals surface area contributed by atoms with Crippen molar-refractivity contribution in [2.24, 2.45) is 0 Å². The molecule has 0 unspecified atom stereocenters. The third kappa shape index (κ3) is 3.69. The highest BCUT2D eigenvalue weighted by molar-refractivity contribution is 6.01. The Morgan fingerprint density at radius 2 is 2.11 bits per heavy atom. The Bertz CT molecular complexity index is 559. The molecule has 0 radical (unpaired) electrons. The first kappa shape index (κ1) is 12.9. The predicted molar refractivity (Wildman–Crippen MR) is 67.5 cm³/mol. The number of nitrogens with one attached hydrogen (secondary N) is 3. The highest BCUT2D eigenvalue weighted by Crippen LogP contribution is 2.11. The lowest BCUT2D eigenvalue weighted by molar-refractivity contribution is 0.102. The maximum atomic E-state index is 11.9. The van der Waals surface area contributed by atoms with E-state index in [4.69, 9.17) is 0 Å². The zero-order valence-electron chi connectivity index (χ0n) is 10.8. The lowest BCUT2D eigenvalue weighted by Crippen LogP contribution is -2.27. The van der Waals surface area contributed by atoms with E-state index in [-0.39, 0.29) is 17.2 Å². The van der Waals surface area contributed by atoms with Gasteiger partial charge in [0, 0.05) is 5.54 Å². The van der Waals surface area contributed by atoms with Crippen LogP contribution in [-0.2, 0) is 0 Å². The summed E-state index contributed by atoms with van der Waals surface area (Å²) in [4.78, 5) is 20.0. The summed E-state index contributed by atoms with van der Waals surface area (Å²) in [7, 11) is 0. The second-order valence-electron chi connectivity index (χ2n) is 4.85. The molecule has 0 aromatic carbocycles. The topological polar surface area (TPSA) is 121 Å². The predicted octanol–water partition coefficient (Wildman–Crippen LogP) is 0.452. The number of hydrogen-bond donors (Lipinski definition) is 3. The number of H-pyrrole nitrogens is 1. The molecule has 9 nitrogen and oxygen atoms in total. The molecule has 0 bridgehead atoms. The molecule has 0 saturated carbocycles. The van der Waals surface area contributed by atoms with Gasteiger partial charge in [-0.25, -0.2) is 4.98 Å². The Kier molecular flexibility index (Phi) is 3.36. The molecule has 9 heteroatoms. The number of aromatic nitrogens is 6. The van der Waals surface area contributed by atoms with Gasteiger partial charge in [0.15, 0.2) is 0 Å². The summed E-state index contributed by atoms with van der Waals surface area (Å²) in [6, 6.07) is 0. The fraction of sp³-hybridized carbons (Fsp3) is 0.400. The van der Waals surface area contributed by atoms with E-state index in [9.17, 15) is 4.79 Å². The molecule has 2 aromatic heterocycles. The zero-order chi connectivity index (χ0) is 13.9. The standard InChI is InChI=1S/C10H14N8O/c1-10(2,3)14-7-5-11-4-6(12-7)8(19)13-9-15-17-18-16-9/h4-5H,1-3H3,(H,12,14)(H2,13,15,16,17,18,19). The van der Waals surface area contributed by atoms with Crippen LogP contribution in [0.25, 0.3) is 0 Å². The summed E-state index contributed by atoms with van der Waals surface area (Å²) in [6.07, 6.45) is 2.92. The Balaban J connectivity index is 2.12. The molecule has 1 amide bonds. The molecule has 2 aromatic rings. The van der Waals surface area contributed by atoms with Gasteiger partial charge >= 0.3 is 0 Å². The molecule has 100 valence electrons. The van der Waals surface area contributed by atoms with E-state index >= 15 is 0 Å². The normalized spacial score (nSPS) is 11.1. The van der Waals surface area contributed by atoms with Gasteiger partial charge in [-0.1, -0.05) is 5.10 Å². The van der Waals surface area contributed by atoms with Crippen molar-refractivity contribution in [3.63, 3.8) is 0 Å². The van der Waals surface area contributed by atoms with Crippen LogP contribution >= 0.6 is 0 Å². The summed E-state index contributed by atoms with van der Waals surface area (Å²) >= 11 is 0. The number of carbonyl (C=O) groups excluding carboxylic acids is 1. The van der Waals surface area contributed by atoms with Crippen LogP contribution in [0.1, 0.15) is 31.3 Å². The van der Waals surface area contributed by atoms with Gasteiger partial charge in [0.25, 0.3) is 11.9 Å². The number of hydrogen-bond acceptors (Lipinski definition) is 7. The van der Waals surface area contributed by atoms with Crippen molar-refractivity contribution < 1.29 is 4.79 Å². The van der Waals surface area contributed by atoms with E-state index in [0.717, 1.165) is 0 Å². The minimum Gasteiger partial charge on any atom is -0.364 e. The summed E-state index contributed by atoms with van der Waals surface area (Å²) < 4.78 is 0. The van der Waals surface area contributed by atoms with Crippen molar-refractivity contribution in [2.45, 2.75) is 26.3 Å². The van der Waals surface area contributed by atoms with Gasteiger partial charge in [-0.15, -0.1) is 5.10 Å². The molecule has 0 aliphatic rings.